The Morgan fingerprint density at radius 1 is 1.50 bits per heavy atom. The van der Waals surface area contributed by atoms with E-state index in [1.807, 2.05) is 6.21 Å². The summed E-state index contributed by atoms with van der Waals surface area (Å²) in [5.41, 5.74) is 5.16. The van der Waals surface area contributed by atoms with Crippen molar-refractivity contribution in [2.75, 3.05) is 5.43 Å². The first-order valence-electron chi connectivity index (χ1n) is 5.29. The van der Waals surface area contributed by atoms with Crippen LogP contribution in [0.15, 0.2) is 16.8 Å². The Labute approximate surface area is 98.4 Å². The highest BCUT2D eigenvalue weighted by atomic mass is 32.1. The molecule has 0 fully saturated rings. The van der Waals surface area contributed by atoms with Gasteiger partial charge in [0.25, 0.3) is 0 Å². The van der Waals surface area contributed by atoms with Gasteiger partial charge in [-0.1, -0.05) is 13.3 Å². The molecule has 0 saturated carbocycles. The second-order valence-corrected chi connectivity index (χ2v) is 4.41. The largest absolute Gasteiger partial charge is 0.260 e. The topological polar surface area (TPSA) is 50.2 Å². The van der Waals surface area contributed by atoms with Crippen molar-refractivity contribution in [2.24, 2.45) is 5.10 Å². The molecule has 0 radical (unpaired) electrons. The Bertz CT molecular complexity index is 504. The Morgan fingerprint density at radius 2 is 2.38 bits per heavy atom. The van der Waals surface area contributed by atoms with Gasteiger partial charge in [-0.3, -0.25) is 5.43 Å². The number of nitrogens with one attached hydrogen (secondary N) is 1. The minimum atomic E-state index is 0.787. The predicted molar refractivity (Wildman–Crippen MR) is 69.2 cm³/mol. The summed E-state index contributed by atoms with van der Waals surface area (Å²) in [4.78, 5) is 8.45. The summed E-state index contributed by atoms with van der Waals surface area (Å²) in [5, 5.41) is 6.22. The van der Waals surface area contributed by atoms with Crippen molar-refractivity contribution in [3.63, 3.8) is 0 Å². The quantitative estimate of drug-likeness (QED) is 0.653. The number of fused-ring (bicyclic) bond motifs is 1. The lowest BCUT2D eigenvalue weighted by atomic mass is 10.3. The van der Waals surface area contributed by atoms with Gasteiger partial charge in [-0.15, -0.1) is 11.3 Å². The van der Waals surface area contributed by atoms with Gasteiger partial charge >= 0.3 is 0 Å². The molecule has 0 atom stereocenters. The van der Waals surface area contributed by atoms with Gasteiger partial charge in [-0.25, -0.2) is 9.97 Å². The summed E-state index contributed by atoms with van der Waals surface area (Å²) in [7, 11) is 0. The fourth-order valence-electron chi connectivity index (χ4n) is 1.35. The van der Waals surface area contributed by atoms with Gasteiger partial charge < -0.3 is 0 Å². The van der Waals surface area contributed by atoms with Crippen molar-refractivity contribution in [1.82, 2.24) is 9.97 Å². The molecule has 0 aliphatic rings. The monoisotopic (exact) mass is 234 g/mol. The normalized spacial score (nSPS) is 11.4. The summed E-state index contributed by atoms with van der Waals surface area (Å²) >= 11 is 1.64. The van der Waals surface area contributed by atoms with Crippen molar-refractivity contribution in [1.29, 1.82) is 0 Å². The zero-order valence-electron chi connectivity index (χ0n) is 9.40. The number of aromatic nitrogens is 2. The molecular formula is C11H14N4S. The molecule has 0 bridgehead atoms. The molecule has 2 aromatic heterocycles. The second-order valence-electron chi connectivity index (χ2n) is 3.53. The SMILES string of the molecule is CCC/C=N/Nc1ncnc2c(C)csc12. The molecule has 84 valence electrons. The number of anilines is 1. The first-order valence-corrected chi connectivity index (χ1v) is 6.17. The average Bonchev–Trinajstić information content (AvgIpc) is 2.68. The highest BCUT2D eigenvalue weighted by molar-refractivity contribution is 7.17. The van der Waals surface area contributed by atoms with Crippen LogP contribution < -0.4 is 5.43 Å². The number of hydrogen-bond donors (Lipinski definition) is 1. The van der Waals surface area contributed by atoms with Crippen LogP contribution in [0, 0.1) is 6.92 Å². The molecule has 2 rings (SSSR count). The summed E-state index contributed by atoms with van der Waals surface area (Å²) < 4.78 is 1.06. The van der Waals surface area contributed by atoms with Gasteiger partial charge in [0, 0.05) is 6.21 Å². The Morgan fingerprint density at radius 3 is 3.19 bits per heavy atom. The second kappa shape index (κ2) is 5.03. The number of aryl methyl sites for hydroxylation is 1. The number of nitrogens with zero attached hydrogens (tertiary/aromatic N) is 3. The predicted octanol–water partition coefficient (Wildman–Crippen LogP) is 3.20. The van der Waals surface area contributed by atoms with Gasteiger partial charge in [-0.05, 0) is 24.3 Å². The van der Waals surface area contributed by atoms with E-state index in [0.29, 0.717) is 0 Å². The van der Waals surface area contributed by atoms with Gasteiger partial charge in [0.15, 0.2) is 5.82 Å². The van der Waals surface area contributed by atoms with E-state index in [0.717, 1.165) is 28.9 Å². The molecule has 0 aliphatic carbocycles. The molecule has 5 heteroatoms. The maximum Gasteiger partial charge on any atom is 0.167 e. The lowest BCUT2D eigenvalue weighted by molar-refractivity contribution is 1.00. The zero-order chi connectivity index (χ0) is 11.4. The van der Waals surface area contributed by atoms with Crippen molar-refractivity contribution < 1.29 is 0 Å². The zero-order valence-corrected chi connectivity index (χ0v) is 10.2. The molecule has 0 aromatic carbocycles. The van der Waals surface area contributed by atoms with Crippen LogP contribution >= 0.6 is 11.3 Å². The molecule has 0 spiro atoms. The number of thiophene rings is 1. The van der Waals surface area contributed by atoms with Crippen molar-refractivity contribution in [3.8, 4) is 0 Å². The fraction of sp³-hybridized carbons (Fsp3) is 0.364. The molecule has 0 saturated heterocycles. The lowest BCUT2D eigenvalue weighted by Crippen LogP contribution is -1.93. The number of unbranched alkanes of at least 4 members (excludes halogenated alkanes) is 1. The van der Waals surface area contributed by atoms with Crippen LogP contribution in [-0.2, 0) is 0 Å². The molecule has 0 aliphatic heterocycles. The summed E-state index contributed by atoms with van der Waals surface area (Å²) in [6.07, 6.45) is 5.52. The van der Waals surface area contributed by atoms with E-state index in [-0.39, 0.29) is 0 Å². The average molecular weight is 234 g/mol. The van der Waals surface area contributed by atoms with Crippen LogP contribution in [0.4, 0.5) is 5.82 Å². The van der Waals surface area contributed by atoms with E-state index >= 15 is 0 Å². The number of rotatable bonds is 4. The molecule has 0 unspecified atom stereocenters. The third kappa shape index (κ3) is 2.19. The van der Waals surface area contributed by atoms with E-state index in [1.54, 1.807) is 17.7 Å². The standard InChI is InChI=1S/C11H14N4S/c1-3-4-5-14-15-11-10-9(12-7-13-11)8(2)6-16-10/h5-7H,3-4H2,1-2H3,(H,12,13,15)/b14-5+. The minimum absolute atomic E-state index is 0.787. The number of hydrazone groups is 1. The van der Waals surface area contributed by atoms with Crippen LogP contribution in [0.25, 0.3) is 10.2 Å². The smallest absolute Gasteiger partial charge is 0.167 e. The van der Waals surface area contributed by atoms with E-state index in [2.05, 4.69) is 39.7 Å². The third-order valence-electron chi connectivity index (χ3n) is 2.21. The lowest BCUT2D eigenvalue weighted by Gasteiger charge is -1.99. The molecule has 4 nitrogen and oxygen atoms in total. The van der Waals surface area contributed by atoms with Crippen LogP contribution in [0.5, 0.6) is 0 Å². The Hall–Kier alpha value is -1.49. The van der Waals surface area contributed by atoms with Gasteiger partial charge in [0.1, 0.15) is 6.33 Å². The first-order chi connectivity index (χ1) is 7.83. The van der Waals surface area contributed by atoms with Crippen molar-refractivity contribution >= 4 is 33.6 Å². The van der Waals surface area contributed by atoms with E-state index in [1.165, 1.54) is 5.56 Å². The number of hydrogen-bond acceptors (Lipinski definition) is 5. The van der Waals surface area contributed by atoms with Crippen molar-refractivity contribution in [3.05, 3.63) is 17.3 Å². The Balaban J connectivity index is 2.24. The van der Waals surface area contributed by atoms with Gasteiger partial charge in [0.05, 0.1) is 10.2 Å². The first kappa shape index (κ1) is 11.0. The van der Waals surface area contributed by atoms with Gasteiger partial charge in [-0.2, -0.15) is 5.10 Å². The van der Waals surface area contributed by atoms with E-state index in [4.69, 9.17) is 0 Å². The summed E-state index contributed by atoms with van der Waals surface area (Å²) in [6.45, 7) is 4.17. The fourth-order valence-corrected chi connectivity index (χ4v) is 2.29. The highest BCUT2D eigenvalue weighted by Gasteiger charge is 2.06. The van der Waals surface area contributed by atoms with E-state index < -0.39 is 0 Å². The van der Waals surface area contributed by atoms with Crippen LogP contribution in [-0.4, -0.2) is 16.2 Å². The highest BCUT2D eigenvalue weighted by Crippen LogP contribution is 2.28. The third-order valence-corrected chi connectivity index (χ3v) is 3.30. The molecule has 2 heterocycles. The molecule has 16 heavy (non-hydrogen) atoms. The van der Waals surface area contributed by atoms with Crippen LogP contribution in [0.3, 0.4) is 0 Å². The summed E-state index contributed by atoms with van der Waals surface area (Å²) in [6, 6.07) is 0. The van der Waals surface area contributed by atoms with Crippen LogP contribution in [0.1, 0.15) is 25.3 Å². The molecule has 1 N–H and O–H groups in total. The molecule has 0 amide bonds. The minimum Gasteiger partial charge on any atom is -0.260 e. The Kier molecular flexibility index (Phi) is 3.46. The van der Waals surface area contributed by atoms with Crippen molar-refractivity contribution in [2.45, 2.75) is 26.7 Å². The maximum absolute atomic E-state index is 4.25. The summed E-state index contributed by atoms with van der Waals surface area (Å²) in [5.74, 6) is 0.787. The maximum atomic E-state index is 4.25. The molecular weight excluding hydrogens is 220 g/mol. The van der Waals surface area contributed by atoms with Crippen LogP contribution in [0.2, 0.25) is 0 Å². The van der Waals surface area contributed by atoms with Gasteiger partial charge in [0.2, 0.25) is 0 Å². The molecule has 2 aromatic rings. The van der Waals surface area contributed by atoms with E-state index in [9.17, 15) is 0 Å².